The van der Waals surface area contributed by atoms with E-state index >= 15 is 0 Å². The molecule has 0 unspecified atom stereocenters. The molecular weight excluding hydrogens is 390 g/mol. The van der Waals surface area contributed by atoms with Gasteiger partial charge in [0.25, 0.3) is 0 Å². The number of rotatable bonds is 4. The van der Waals surface area contributed by atoms with Gasteiger partial charge in [0.15, 0.2) is 0 Å². The molecule has 0 aromatic heterocycles. The van der Waals surface area contributed by atoms with Crippen molar-refractivity contribution >= 4 is 23.8 Å². The molecule has 2 heteroatoms. The van der Waals surface area contributed by atoms with E-state index in [0.717, 1.165) is 4.89 Å². The maximum absolute atomic E-state index is 3.44. The van der Waals surface area contributed by atoms with Crippen LogP contribution in [-0.2, 0) is 19.2 Å². The zero-order chi connectivity index (χ0) is 16.3. The molecule has 119 valence electrons. The maximum Gasteiger partial charge on any atom is -0.0134 e. The zero-order valence-corrected chi connectivity index (χ0v) is 15.4. The Kier molecular flexibility index (Phi) is 7.99. The van der Waals surface area contributed by atoms with Crippen LogP contribution in [0.2, 0.25) is 4.89 Å². The summed E-state index contributed by atoms with van der Waals surface area (Å²) in [6.45, 7) is 3.44. The van der Waals surface area contributed by atoms with Gasteiger partial charge in [-0.25, -0.2) is 0 Å². The van der Waals surface area contributed by atoms with Gasteiger partial charge in [-0.15, -0.1) is 0 Å². The predicted molar refractivity (Wildman–Crippen MR) is 100 cm³/mol. The van der Waals surface area contributed by atoms with E-state index in [0.29, 0.717) is 0 Å². The van der Waals surface area contributed by atoms with Gasteiger partial charge in [0, 0.05) is 0 Å². The molecule has 0 radical (unpaired) electrons. The van der Waals surface area contributed by atoms with E-state index in [2.05, 4.69) is 117 Å². The molecule has 0 atom stereocenters. The summed E-state index contributed by atoms with van der Waals surface area (Å²) in [6, 6.07) is 32.3. The van der Waals surface area contributed by atoms with Gasteiger partial charge in [0.05, 0.1) is 0 Å². The fourth-order valence-corrected chi connectivity index (χ4v) is 4.48. The number of allylic oxidation sites excluding steroid dienone is 1. The van der Waals surface area contributed by atoms with Gasteiger partial charge in [0.2, 0.25) is 0 Å². The minimum absolute atomic E-state index is 0.446. The largest absolute Gasteiger partial charge is 0.0622 e. The number of hydrogen-bond donors (Lipinski definition) is 0. The van der Waals surface area contributed by atoms with Crippen molar-refractivity contribution in [2.75, 3.05) is 0 Å². The molecule has 23 heavy (non-hydrogen) atoms. The van der Waals surface area contributed by atoms with Gasteiger partial charge in [-0.2, -0.15) is 0 Å². The van der Waals surface area contributed by atoms with E-state index in [-0.39, 0.29) is 0 Å². The maximum atomic E-state index is 3.44. The summed E-state index contributed by atoms with van der Waals surface area (Å²) in [5.41, 5.74) is 0. The second-order valence-electron chi connectivity index (χ2n) is 4.76. The van der Waals surface area contributed by atoms with E-state index in [1.54, 1.807) is 0 Å². The van der Waals surface area contributed by atoms with Gasteiger partial charge in [0.1, 0.15) is 0 Å². The van der Waals surface area contributed by atoms with Crippen LogP contribution in [0.15, 0.2) is 104 Å². The first kappa shape index (κ1) is 17.8. The summed E-state index contributed by atoms with van der Waals surface area (Å²) in [4.78, 5) is 0.933. The summed E-state index contributed by atoms with van der Waals surface area (Å²) >= 11 is 2.92. The molecule has 3 aromatic rings. The van der Waals surface area contributed by atoms with Crippen LogP contribution in [0.1, 0.15) is 0 Å². The smallest absolute Gasteiger partial charge is 0.0134 e. The van der Waals surface area contributed by atoms with Crippen LogP contribution in [0.5, 0.6) is 0 Å². The third-order valence-electron chi connectivity index (χ3n) is 3.13. The van der Waals surface area contributed by atoms with Gasteiger partial charge >= 0.3 is 36.8 Å². The Morgan fingerprint density at radius 1 is 0.652 bits per heavy atom. The Morgan fingerprint density at radius 3 is 1.13 bits per heavy atom. The molecule has 0 spiro atoms. The van der Waals surface area contributed by atoms with E-state index in [4.69, 9.17) is 0 Å². The second-order valence-corrected chi connectivity index (χ2v) is 7.61. The van der Waals surface area contributed by atoms with E-state index in [1.165, 1.54) is 15.9 Å². The number of benzene rings is 3. The van der Waals surface area contributed by atoms with Gasteiger partial charge < -0.3 is 0 Å². The Bertz CT molecular complexity index is 587. The molecule has 0 fully saturated rings. The van der Waals surface area contributed by atoms with Crippen molar-refractivity contribution in [3.8, 4) is 0 Å². The normalized spacial score (nSPS) is 9.87. The van der Waals surface area contributed by atoms with Crippen LogP contribution in [0.25, 0.3) is 0 Å². The number of hydrogen-bond acceptors (Lipinski definition) is 0. The average Bonchev–Trinajstić information content (AvgIpc) is 2.65. The van der Waals surface area contributed by atoms with Crippen LogP contribution in [0.4, 0.5) is 0 Å². The van der Waals surface area contributed by atoms with Gasteiger partial charge in [-0.1, -0.05) is 91.0 Å². The average molecular weight is 410 g/mol. The van der Waals surface area contributed by atoms with E-state index < -0.39 is 7.92 Å². The summed E-state index contributed by atoms with van der Waals surface area (Å²) in [5, 5.41) is 4.19. The molecule has 0 saturated carbocycles. The Labute approximate surface area is 151 Å². The molecule has 0 N–H and O–H groups in total. The molecule has 0 amide bonds. The van der Waals surface area contributed by atoms with Crippen LogP contribution in [0.3, 0.4) is 0 Å². The fourth-order valence-electron chi connectivity index (χ4n) is 2.18. The SMILES string of the molecule is C=C[CH2][Pd].c1ccc(P(c2ccccc2)c2ccccc2)cc1. The zero-order valence-electron chi connectivity index (χ0n) is 12.9. The third-order valence-corrected chi connectivity index (χ3v) is 6.03. The molecule has 3 rings (SSSR count). The molecule has 0 bridgehead atoms. The first-order chi connectivity index (χ1) is 11.4. The summed E-state index contributed by atoms with van der Waals surface area (Å²) in [7, 11) is -0.446. The molecular formula is C21H20PPd. The topological polar surface area (TPSA) is 0 Å². The quantitative estimate of drug-likeness (QED) is 0.336. The van der Waals surface area contributed by atoms with Crippen molar-refractivity contribution in [3.05, 3.63) is 104 Å². The first-order valence-corrected chi connectivity index (χ1v) is 9.88. The van der Waals surface area contributed by atoms with Crippen molar-refractivity contribution in [3.63, 3.8) is 0 Å². The Hall–Kier alpha value is -1.51. The standard InChI is InChI=1S/C18H15P.C3H5.Pd/c1-4-10-16(11-5-1)19(17-12-6-2-7-13-17)18-14-8-3-9-15-18;1-3-2;/h1-15H;3H,1-2H2;. The van der Waals surface area contributed by atoms with Crippen LogP contribution >= 0.6 is 7.92 Å². The predicted octanol–water partition coefficient (Wildman–Crippen LogP) is 4.58. The molecule has 0 saturated heterocycles. The summed E-state index contributed by atoms with van der Waals surface area (Å²) < 4.78 is 0. The van der Waals surface area contributed by atoms with Crippen LogP contribution in [-0.4, -0.2) is 0 Å². The molecule has 3 aromatic carbocycles. The van der Waals surface area contributed by atoms with Gasteiger partial charge in [-0.05, 0) is 23.8 Å². The minimum Gasteiger partial charge on any atom is -0.0622 e. The summed E-state index contributed by atoms with van der Waals surface area (Å²) in [5.74, 6) is 0. The van der Waals surface area contributed by atoms with Crippen LogP contribution in [0, 0.1) is 0 Å². The molecule has 0 aliphatic rings. The fraction of sp³-hybridized carbons (Fsp3) is 0.0476. The molecule has 0 aliphatic carbocycles. The molecule has 0 nitrogen and oxygen atoms in total. The van der Waals surface area contributed by atoms with E-state index in [1.807, 2.05) is 6.08 Å². The first-order valence-electron chi connectivity index (χ1n) is 7.44. The van der Waals surface area contributed by atoms with E-state index in [9.17, 15) is 0 Å². The van der Waals surface area contributed by atoms with Crippen molar-refractivity contribution in [2.45, 2.75) is 4.89 Å². The van der Waals surface area contributed by atoms with Crippen molar-refractivity contribution in [1.82, 2.24) is 0 Å². The van der Waals surface area contributed by atoms with Crippen molar-refractivity contribution in [1.29, 1.82) is 0 Å². The molecule has 0 heterocycles. The van der Waals surface area contributed by atoms with Crippen LogP contribution < -0.4 is 15.9 Å². The Balaban J connectivity index is 0.000000433. The minimum atomic E-state index is -0.446. The van der Waals surface area contributed by atoms with Crippen molar-refractivity contribution < 1.29 is 19.2 Å². The Morgan fingerprint density at radius 2 is 0.913 bits per heavy atom. The summed E-state index contributed by atoms with van der Waals surface area (Å²) in [6.07, 6.45) is 1.81. The van der Waals surface area contributed by atoms with Crippen molar-refractivity contribution in [2.24, 2.45) is 0 Å². The third kappa shape index (κ3) is 5.56. The molecule has 0 aliphatic heterocycles. The second kappa shape index (κ2) is 10.3. The van der Waals surface area contributed by atoms with Gasteiger partial charge in [-0.3, -0.25) is 0 Å². The monoisotopic (exact) mass is 409 g/mol.